The summed E-state index contributed by atoms with van der Waals surface area (Å²) >= 11 is 12.2. The van der Waals surface area contributed by atoms with Crippen LogP contribution in [-0.2, 0) is 27.7 Å². The topological polar surface area (TPSA) is 88.2 Å². The lowest BCUT2D eigenvalue weighted by Gasteiger charge is -2.19. The molecule has 0 fully saturated rings. The number of hydrogen-bond acceptors (Lipinski definition) is 4. The lowest BCUT2D eigenvalue weighted by Crippen LogP contribution is -2.48. The Kier molecular flexibility index (Phi) is 8.03. The van der Waals surface area contributed by atoms with Crippen molar-refractivity contribution in [2.75, 3.05) is 6.54 Å². The molecule has 0 radical (unpaired) electrons. The van der Waals surface area contributed by atoms with Crippen molar-refractivity contribution in [1.29, 1.82) is 0 Å². The molecular formula is C22H21Cl2N3O3S. The second-order valence-corrected chi connectivity index (χ2v) is 9.24. The van der Waals surface area contributed by atoms with E-state index in [1.165, 1.54) is 12.1 Å². The number of hydrogen-bond donors (Lipinski definition) is 2. The van der Waals surface area contributed by atoms with Crippen molar-refractivity contribution in [3.8, 4) is 0 Å². The zero-order chi connectivity index (χ0) is 22.3. The van der Waals surface area contributed by atoms with E-state index >= 15 is 0 Å². The van der Waals surface area contributed by atoms with Gasteiger partial charge in [0.2, 0.25) is 15.9 Å². The summed E-state index contributed by atoms with van der Waals surface area (Å²) in [4.78, 5) is 16.9. The SMILES string of the molecule is O=C(NCCc1ccccn1)C(Cc1ccccc1)NS(=O)(=O)c1c(Cl)cccc1Cl. The largest absolute Gasteiger partial charge is 0.354 e. The molecule has 0 aliphatic heterocycles. The number of rotatable bonds is 9. The Morgan fingerprint density at radius 2 is 1.61 bits per heavy atom. The van der Waals surface area contributed by atoms with E-state index in [2.05, 4.69) is 15.0 Å². The van der Waals surface area contributed by atoms with Crippen LogP contribution < -0.4 is 10.0 Å². The van der Waals surface area contributed by atoms with E-state index in [1.807, 2.05) is 48.5 Å². The van der Waals surface area contributed by atoms with Gasteiger partial charge in [-0.25, -0.2) is 8.42 Å². The van der Waals surface area contributed by atoms with Crippen LogP contribution in [0.15, 0.2) is 77.8 Å². The summed E-state index contributed by atoms with van der Waals surface area (Å²) in [6.45, 7) is 0.315. The van der Waals surface area contributed by atoms with Crippen molar-refractivity contribution in [1.82, 2.24) is 15.0 Å². The number of halogens is 2. The quantitative estimate of drug-likeness (QED) is 0.492. The molecule has 0 spiro atoms. The minimum atomic E-state index is -4.15. The molecule has 9 heteroatoms. The molecule has 0 bridgehead atoms. The Morgan fingerprint density at radius 3 is 2.26 bits per heavy atom. The van der Waals surface area contributed by atoms with Crippen LogP contribution in [0.5, 0.6) is 0 Å². The number of sulfonamides is 1. The van der Waals surface area contributed by atoms with Gasteiger partial charge < -0.3 is 5.32 Å². The molecule has 0 aliphatic rings. The Morgan fingerprint density at radius 1 is 0.935 bits per heavy atom. The van der Waals surface area contributed by atoms with E-state index in [9.17, 15) is 13.2 Å². The average Bonchev–Trinajstić information content (AvgIpc) is 2.74. The highest BCUT2D eigenvalue weighted by Crippen LogP contribution is 2.29. The van der Waals surface area contributed by atoms with Crippen LogP contribution in [0.2, 0.25) is 10.0 Å². The number of carbonyl (C=O) groups excluding carboxylic acids is 1. The van der Waals surface area contributed by atoms with E-state index in [4.69, 9.17) is 23.2 Å². The first kappa shape index (κ1) is 23.2. The maximum atomic E-state index is 13.0. The molecule has 0 saturated heterocycles. The molecule has 162 valence electrons. The van der Waals surface area contributed by atoms with Crippen molar-refractivity contribution < 1.29 is 13.2 Å². The number of nitrogens with zero attached hydrogens (tertiary/aromatic N) is 1. The van der Waals surface area contributed by atoms with Crippen molar-refractivity contribution in [2.45, 2.75) is 23.8 Å². The lowest BCUT2D eigenvalue weighted by molar-refractivity contribution is -0.122. The minimum absolute atomic E-state index is 0.0194. The second-order valence-electron chi connectivity index (χ2n) is 6.78. The molecule has 1 unspecified atom stereocenters. The van der Waals surface area contributed by atoms with E-state index in [0.717, 1.165) is 11.3 Å². The van der Waals surface area contributed by atoms with E-state index in [1.54, 1.807) is 12.3 Å². The first-order valence-electron chi connectivity index (χ1n) is 9.55. The van der Waals surface area contributed by atoms with Crippen molar-refractivity contribution in [2.24, 2.45) is 0 Å². The van der Waals surface area contributed by atoms with Crippen LogP contribution in [0.4, 0.5) is 0 Å². The predicted octanol–water partition coefficient (Wildman–Crippen LogP) is 3.64. The molecule has 0 aliphatic carbocycles. The highest BCUT2D eigenvalue weighted by Gasteiger charge is 2.29. The summed E-state index contributed by atoms with van der Waals surface area (Å²) in [5.74, 6) is -0.452. The molecule has 31 heavy (non-hydrogen) atoms. The third-order valence-electron chi connectivity index (χ3n) is 4.49. The fourth-order valence-corrected chi connectivity index (χ4v) is 5.35. The molecule has 1 atom stereocenters. The molecule has 1 heterocycles. The van der Waals surface area contributed by atoms with Crippen molar-refractivity contribution in [3.05, 3.63) is 94.2 Å². The van der Waals surface area contributed by atoms with Crippen molar-refractivity contribution >= 4 is 39.1 Å². The maximum absolute atomic E-state index is 13.0. The van der Waals surface area contributed by atoms with Gasteiger partial charge in [-0.1, -0.05) is 65.7 Å². The number of pyridine rings is 1. The van der Waals surface area contributed by atoms with Gasteiger partial charge in [-0.2, -0.15) is 4.72 Å². The van der Waals surface area contributed by atoms with Gasteiger partial charge in [0, 0.05) is 24.9 Å². The van der Waals surface area contributed by atoms with Gasteiger partial charge in [0.15, 0.2) is 0 Å². The van der Waals surface area contributed by atoms with Gasteiger partial charge >= 0.3 is 0 Å². The van der Waals surface area contributed by atoms with E-state index in [-0.39, 0.29) is 21.4 Å². The first-order valence-corrected chi connectivity index (χ1v) is 11.8. The second kappa shape index (κ2) is 10.7. The zero-order valence-electron chi connectivity index (χ0n) is 16.5. The van der Waals surface area contributed by atoms with E-state index in [0.29, 0.717) is 13.0 Å². The molecule has 6 nitrogen and oxygen atoms in total. The average molecular weight is 478 g/mol. The summed E-state index contributed by atoms with van der Waals surface area (Å²) in [7, 11) is -4.15. The lowest BCUT2D eigenvalue weighted by atomic mass is 10.1. The molecule has 1 amide bonds. The number of amides is 1. The Bertz CT molecular complexity index is 1110. The highest BCUT2D eigenvalue weighted by atomic mass is 35.5. The number of aromatic nitrogens is 1. The molecule has 1 aromatic heterocycles. The van der Waals surface area contributed by atoms with Gasteiger partial charge in [0.1, 0.15) is 10.9 Å². The van der Waals surface area contributed by atoms with Gasteiger partial charge in [-0.05, 0) is 36.2 Å². The summed E-state index contributed by atoms with van der Waals surface area (Å²) < 4.78 is 28.5. The fraction of sp³-hybridized carbons (Fsp3) is 0.182. The monoisotopic (exact) mass is 477 g/mol. The van der Waals surface area contributed by atoms with E-state index < -0.39 is 22.0 Å². The van der Waals surface area contributed by atoms with Crippen LogP contribution in [0.25, 0.3) is 0 Å². The zero-order valence-corrected chi connectivity index (χ0v) is 18.8. The van der Waals surface area contributed by atoms with Crippen molar-refractivity contribution in [3.63, 3.8) is 0 Å². The molecule has 0 saturated carbocycles. The minimum Gasteiger partial charge on any atom is -0.354 e. The van der Waals surface area contributed by atoms with Crippen LogP contribution in [0.3, 0.4) is 0 Å². The predicted molar refractivity (Wildman–Crippen MR) is 122 cm³/mol. The molecule has 3 rings (SSSR count). The van der Waals surface area contributed by atoms with Gasteiger partial charge in [0.05, 0.1) is 10.0 Å². The first-order chi connectivity index (χ1) is 14.9. The van der Waals surface area contributed by atoms with Gasteiger partial charge in [-0.15, -0.1) is 0 Å². The Labute approximate surface area is 191 Å². The van der Waals surface area contributed by atoms with Crippen LogP contribution in [-0.4, -0.2) is 31.9 Å². The van der Waals surface area contributed by atoms with Crippen LogP contribution >= 0.6 is 23.2 Å². The maximum Gasteiger partial charge on any atom is 0.244 e. The molecule has 2 aromatic carbocycles. The third kappa shape index (κ3) is 6.51. The van der Waals surface area contributed by atoms with Gasteiger partial charge in [0.25, 0.3) is 0 Å². The number of carbonyl (C=O) groups is 1. The number of nitrogens with one attached hydrogen (secondary N) is 2. The van der Waals surface area contributed by atoms with Crippen LogP contribution in [0, 0.1) is 0 Å². The normalized spacial score (nSPS) is 12.3. The summed E-state index contributed by atoms with van der Waals surface area (Å²) in [6.07, 6.45) is 2.36. The molecular weight excluding hydrogens is 457 g/mol. The highest BCUT2D eigenvalue weighted by molar-refractivity contribution is 7.89. The van der Waals surface area contributed by atoms with Crippen LogP contribution in [0.1, 0.15) is 11.3 Å². The summed E-state index contributed by atoms with van der Waals surface area (Å²) in [5.41, 5.74) is 1.63. The smallest absolute Gasteiger partial charge is 0.244 e. The third-order valence-corrected chi connectivity index (χ3v) is 6.92. The summed E-state index contributed by atoms with van der Waals surface area (Å²) in [5, 5.41) is 2.74. The standard InChI is InChI=1S/C22H21Cl2N3O3S/c23-18-10-6-11-19(24)21(18)31(29,30)27-20(15-16-7-2-1-3-8-16)22(28)26-14-12-17-9-4-5-13-25-17/h1-11,13,20,27H,12,14-15H2,(H,26,28). The fourth-order valence-electron chi connectivity index (χ4n) is 3.01. The molecule has 3 aromatic rings. The summed E-state index contributed by atoms with van der Waals surface area (Å²) in [6, 6.07) is 18.0. The number of benzene rings is 2. The Hall–Kier alpha value is -2.45. The van der Waals surface area contributed by atoms with Gasteiger partial charge in [-0.3, -0.25) is 9.78 Å². The molecule has 2 N–H and O–H groups in total. The Balaban J connectivity index is 1.78.